The van der Waals surface area contributed by atoms with Crippen LogP contribution in [0.3, 0.4) is 0 Å². The molecule has 1 heterocycles. The van der Waals surface area contributed by atoms with Crippen molar-refractivity contribution in [3.05, 3.63) is 51.6 Å². The largest absolute Gasteiger partial charge is 0.383 e. The van der Waals surface area contributed by atoms with Crippen LogP contribution in [0.25, 0.3) is 0 Å². The lowest BCUT2D eigenvalue weighted by Gasteiger charge is -2.08. The van der Waals surface area contributed by atoms with Gasteiger partial charge >= 0.3 is 0 Å². The highest BCUT2D eigenvalue weighted by atomic mass is 79.9. The number of nitrogens with zero attached hydrogens (tertiary/aromatic N) is 1. The third-order valence-corrected chi connectivity index (χ3v) is 4.89. The minimum absolute atomic E-state index is 0.649. The van der Waals surface area contributed by atoms with Gasteiger partial charge in [-0.2, -0.15) is 0 Å². The molecule has 0 fully saturated rings. The molecular weight excluding hydrogens is 372 g/mol. The van der Waals surface area contributed by atoms with Crippen LogP contribution in [-0.2, 0) is 11.3 Å². The van der Waals surface area contributed by atoms with Gasteiger partial charge in [-0.3, -0.25) is 0 Å². The summed E-state index contributed by atoms with van der Waals surface area (Å²) in [5.41, 5.74) is 1.23. The molecule has 2 rings (SSSR count). The Morgan fingerprint density at radius 3 is 2.86 bits per heavy atom. The number of benzene rings is 1. The molecule has 0 aliphatic rings. The molecule has 2 aromatic rings. The monoisotopic (exact) mass is 386 g/mol. The summed E-state index contributed by atoms with van der Waals surface area (Å²) in [7, 11) is 1.70. The van der Waals surface area contributed by atoms with E-state index in [1.807, 2.05) is 12.1 Å². The normalized spacial score (nSPS) is 10.8. The van der Waals surface area contributed by atoms with E-state index in [1.54, 1.807) is 25.1 Å². The summed E-state index contributed by atoms with van der Waals surface area (Å²) in [4.78, 5) is 5.42. The first-order valence-electron chi connectivity index (χ1n) is 6.46. The van der Waals surface area contributed by atoms with E-state index in [2.05, 4.69) is 44.4 Å². The molecule has 0 aliphatic carbocycles. The zero-order valence-electron chi connectivity index (χ0n) is 11.6. The van der Waals surface area contributed by atoms with Crippen molar-refractivity contribution in [2.24, 2.45) is 0 Å². The van der Waals surface area contributed by atoms with Gasteiger partial charge in [0.15, 0.2) is 0 Å². The summed E-state index contributed by atoms with van der Waals surface area (Å²) in [5, 5.41) is 4.90. The molecular formula is C15H16BrClN2OS. The van der Waals surface area contributed by atoms with Crippen LogP contribution in [0.1, 0.15) is 5.56 Å². The second kappa shape index (κ2) is 8.76. The lowest BCUT2D eigenvalue weighted by atomic mass is 10.2. The number of hydrogen-bond acceptors (Lipinski definition) is 4. The summed E-state index contributed by atoms with van der Waals surface area (Å²) in [6, 6.07) is 10.1. The van der Waals surface area contributed by atoms with Gasteiger partial charge in [-0.25, -0.2) is 4.98 Å². The summed E-state index contributed by atoms with van der Waals surface area (Å²) >= 11 is 11.1. The summed E-state index contributed by atoms with van der Waals surface area (Å²) in [6.45, 7) is 2.39. The molecule has 1 aromatic heterocycles. The third-order valence-electron chi connectivity index (χ3n) is 2.72. The van der Waals surface area contributed by atoms with E-state index >= 15 is 0 Å². The Morgan fingerprint density at radius 1 is 1.33 bits per heavy atom. The molecule has 0 bridgehead atoms. The average molecular weight is 388 g/mol. The molecule has 0 saturated carbocycles. The molecule has 0 radical (unpaired) electrons. The fourth-order valence-electron chi connectivity index (χ4n) is 1.68. The van der Waals surface area contributed by atoms with Gasteiger partial charge in [0.2, 0.25) is 0 Å². The molecule has 0 aliphatic heterocycles. The Morgan fingerprint density at radius 2 is 2.19 bits per heavy atom. The van der Waals surface area contributed by atoms with Crippen LogP contribution in [0.4, 0.5) is 0 Å². The average Bonchev–Trinajstić information content (AvgIpc) is 2.48. The Bertz CT molecular complexity index is 580. The second-order valence-corrected chi connectivity index (χ2v) is 6.70. The Labute approximate surface area is 142 Å². The van der Waals surface area contributed by atoms with Gasteiger partial charge in [0.25, 0.3) is 0 Å². The van der Waals surface area contributed by atoms with Crippen LogP contribution in [-0.4, -0.2) is 25.2 Å². The predicted octanol–water partition coefficient (Wildman–Crippen LogP) is 4.38. The molecule has 0 amide bonds. The maximum Gasteiger partial charge on any atom is 0.101 e. The molecule has 0 spiro atoms. The highest BCUT2D eigenvalue weighted by molar-refractivity contribution is 9.10. The number of methoxy groups -OCH3 is 1. The van der Waals surface area contributed by atoms with Crippen LogP contribution in [0.2, 0.25) is 5.02 Å². The van der Waals surface area contributed by atoms with Gasteiger partial charge in [-0.15, -0.1) is 0 Å². The van der Waals surface area contributed by atoms with Crippen molar-refractivity contribution in [2.75, 3.05) is 20.3 Å². The molecule has 3 nitrogen and oxygen atoms in total. The van der Waals surface area contributed by atoms with Gasteiger partial charge in [0.1, 0.15) is 5.03 Å². The number of halogens is 2. The van der Waals surface area contributed by atoms with Crippen molar-refractivity contribution < 1.29 is 4.74 Å². The molecule has 1 aromatic carbocycles. The summed E-state index contributed by atoms with van der Waals surface area (Å²) in [5.74, 6) is 0. The summed E-state index contributed by atoms with van der Waals surface area (Å²) in [6.07, 6.45) is 1.66. The number of pyridine rings is 1. The van der Waals surface area contributed by atoms with E-state index < -0.39 is 0 Å². The van der Waals surface area contributed by atoms with E-state index in [9.17, 15) is 0 Å². The van der Waals surface area contributed by atoms with Crippen molar-refractivity contribution in [1.29, 1.82) is 0 Å². The zero-order valence-corrected chi connectivity index (χ0v) is 14.8. The standard InChI is InChI=1S/C15H16BrClN2OS/c1-20-7-6-18-9-11-2-4-14(13(16)8-11)21-15-5-3-12(17)10-19-15/h2-5,8,10,18H,6-7,9H2,1H3. The smallest absolute Gasteiger partial charge is 0.101 e. The van der Waals surface area contributed by atoms with Crippen LogP contribution in [0, 0.1) is 0 Å². The number of nitrogens with one attached hydrogen (secondary N) is 1. The van der Waals surface area contributed by atoms with E-state index in [0.29, 0.717) is 5.02 Å². The fourth-order valence-corrected chi connectivity index (χ4v) is 3.22. The molecule has 6 heteroatoms. The molecule has 0 saturated heterocycles. The summed E-state index contributed by atoms with van der Waals surface area (Å²) < 4.78 is 6.07. The van der Waals surface area contributed by atoms with Crippen molar-refractivity contribution in [3.63, 3.8) is 0 Å². The van der Waals surface area contributed by atoms with Crippen LogP contribution in [0.5, 0.6) is 0 Å². The topological polar surface area (TPSA) is 34.1 Å². The first-order chi connectivity index (χ1) is 10.2. The lowest BCUT2D eigenvalue weighted by molar-refractivity contribution is 0.199. The number of rotatable bonds is 7. The predicted molar refractivity (Wildman–Crippen MR) is 91.1 cm³/mol. The second-order valence-electron chi connectivity index (χ2n) is 4.35. The van der Waals surface area contributed by atoms with E-state index in [4.69, 9.17) is 16.3 Å². The Balaban J connectivity index is 1.97. The van der Waals surface area contributed by atoms with Gasteiger partial charge in [0.05, 0.1) is 11.6 Å². The zero-order chi connectivity index (χ0) is 15.1. The van der Waals surface area contributed by atoms with E-state index in [0.717, 1.165) is 34.1 Å². The Kier molecular flexibility index (Phi) is 6.99. The van der Waals surface area contributed by atoms with E-state index in [1.165, 1.54) is 5.56 Å². The number of ether oxygens (including phenoxy) is 1. The first-order valence-corrected chi connectivity index (χ1v) is 8.45. The highest BCUT2D eigenvalue weighted by Crippen LogP contribution is 2.33. The fraction of sp³-hybridized carbons (Fsp3) is 0.267. The SMILES string of the molecule is COCCNCc1ccc(Sc2ccc(Cl)cn2)c(Br)c1. The minimum atomic E-state index is 0.649. The van der Waals surface area contributed by atoms with E-state index in [-0.39, 0.29) is 0 Å². The minimum Gasteiger partial charge on any atom is -0.383 e. The molecule has 0 atom stereocenters. The Hall–Kier alpha value is -0.590. The van der Waals surface area contributed by atoms with Gasteiger partial charge < -0.3 is 10.1 Å². The van der Waals surface area contributed by atoms with Crippen molar-refractivity contribution >= 4 is 39.3 Å². The molecule has 112 valence electrons. The maximum atomic E-state index is 5.84. The molecule has 0 unspecified atom stereocenters. The van der Waals surface area contributed by atoms with Crippen LogP contribution >= 0.6 is 39.3 Å². The molecule has 1 N–H and O–H groups in total. The third kappa shape index (κ3) is 5.60. The van der Waals surface area contributed by atoms with Crippen molar-refractivity contribution in [1.82, 2.24) is 10.3 Å². The van der Waals surface area contributed by atoms with Crippen LogP contribution < -0.4 is 5.32 Å². The number of hydrogen-bond donors (Lipinski definition) is 1. The maximum absolute atomic E-state index is 5.84. The van der Waals surface area contributed by atoms with Crippen molar-refractivity contribution in [2.45, 2.75) is 16.5 Å². The van der Waals surface area contributed by atoms with Gasteiger partial charge in [-0.1, -0.05) is 29.4 Å². The number of aromatic nitrogens is 1. The van der Waals surface area contributed by atoms with Crippen LogP contribution in [0.15, 0.2) is 50.9 Å². The molecule has 21 heavy (non-hydrogen) atoms. The first kappa shape index (κ1) is 16.8. The van der Waals surface area contributed by atoms with Gasteiger partial charge in [0, 0.05) is 35.8 Å². The quantitative estimate of drug-likeness (QED) is 0.715. The van der Waals surface area contributed by atoms with Gasteiger partial charge in [-0.05, 0) is 45.8 Å². The van der Waals surface area contributed by atoms with Crippen molar-refractivity contribution in [3.8, 4) is 0 Å². The lowest BCUT2D eigenvalue weighted by Crippen LogP contribution is -2.18. The highest BCUT2D eigenvalue weighted by Gasteiger charge is 2.05.